The van der Waals surface area contributed by atoms with Gasteiger partial charge in [-0.3, -0.25) is 25.8 Å². The van der Waals surface area contributed by atoms with Gasteiger partial charge in [0.25, 0.3) is 11.8 Å². The van der Waals surface area contributed by atoms with E-state index in [0.717, 1.165) is 6.42 Å². The van der Waals surface area contributed by atoms with E-state index in [1.165, 1.54) is 33.5 Å². The van der Waals surface area contributed by atoms with Crippen molar-refractivity contribution in [3.05, 3.63) is 47.5 Å². The summed E-state index contributed by atoms with van der Waals surface area (Å²) in [7, 11) is 4.37. The number of hydrazine groups is 1. The van der Waals surface area contributed by atoms with Crippen LogP contribution in [0.25, 0.3) is 0 Å². The third-order valence-electron chi connectivity index (χ3n) is 4.52. The molecular weight excluding hydrogens is 446 g/mol. The highest BCUT2D eigenvalue weighted by Crippen LogP contribution is 2.38. The first-order valence-electron chi connectivity index (χ1n) is 10.2. The Morgan fingerprint density at radius 2 is 1.48 bits per heavy atom. The smallest absolute Gasteiger partial charge is 0.269 e. The fourth-order valence-corrected chi connectivity index (χ4v) is 2.86. The molecule has 0 aliphatic heterocycles. The second-order valence-electron chi connectivity index (χ2n) is 7.33. The number of amides is 2. The molecule has 0 fully saturated rings. The molecule has 10 heteroatoms. The second-order valence-corrected chi connectivity index (χ2v) is 7.74. The van der Waals surface area contributed by atoms with Crippen LogP contribution in [0.15, 0.2) is 36.4 Å². The molecule has 0 atom stereocenters. The quantitative estimate of drug-likeness (QED) is 0.375. The molecule has 0 radical (unpaired) electrons. The highest BCUT2D eigenvalue weighted by atomic mass is 32.1. The van der Waals surface area contributed by atoms with Crippen molar-refractivity contribution < 1.29 is 28.5 Å². The van der Waals surface area contributed by atoms with Crippen LogP contribution >= 0.6 is 12.2 Å². The maximum absolute atomic E-state index is 12.6. The van der Waals surface area contributed by atoms with Crippen LogP contribution in [0, 0.1) is 5.92 Å². The van der Waals surface area contributed by atoms with Crippen LogP contribution in [-0.2, 0) is 0 Å². The summed E-state index contributed by atoms with van der Waals surface area (Å²) in [5, 5.41) is 2.39. The summed E-state index contributed by atoms with van der Waals surface area (Å²) in [6.45, 7) is 4.87. The lowest BCUT2D eigenvalue weighted by Gasteiger charge is -2.15. The van der Waals surface area contributed by atoms with E-state index in [1.54, 1.807) is 24.3 Å². The Morgan fingerprint density at radius 1 is 0.879 bits per heavy atom. The molecule has 33 heavy (non-hydrogen) atoms. The van der Waals surface area contributed by atoms with Gasteiger partial charge in [-0.05, 0) is 61.0 Å². The number of benzene rings is 2. The van der Waals surface area contributed by atoms with Crippen molar-refractivity contribution in [3.8, 4) is 23.0 Å². The number of hydrogen-bond acceptors (Lipinski definition) is 7. The van der Waals surface area contributed by atoms with Gasteiger partial charge in [0.05, 0.1) is 27.9 Å². The Kier molecular flexibility index (Phi) is 9.74. The molecule has 0 saturated carbocycles. The molecule has 0 aromatic heterocycles. The second kappa shape index (κ2) is 12.5. The predicted octanol–water partition coefficient (Wildman–Crippen LogP) is 3.09. The Balaban J connectivity index is 1.91. The standard InChI is InChI=1S/C23H29N3O6S/c1-14(2)10-11-32-17-8-6-15(7-9-17)22(28)25-26-23(33)24-21(27)16-12-18(29-3)20(31-5)19(13-16)30-4/h6-9,12-14H,10-11H2,1-5H3,(H,25,28)(H2,24,26,27,33). The van der Waals surface area contributed by atoms with E-state index in [4.69, 9.17) is 31.2 Å². The van der Waals surface area contributed by atoms with Crippen LogP contribution in [0.4, 0.5) is 0 Å². The van der Waals surface area contributed by atoms with Gasteiger partial charge in [-0.25, -0.2) is 0 Å². The Morgan fingerprint density at radius 3 is 2.00 bits per heavy atom. The van der Waals surface area contributed by atoms with E-state index in [-0.39, 0.29) is 10.7 Å². The SMILES string of the molecule is COc1cc(C(=O)NC(=S)NNC(=O)c2ccc(OCCC(C)C)cc2)cc(OC)c1OC. The molecule has 2 aromatic carbocycles. The summed E-state index contributed by atoms with van der Waals surface area (Å²) in [5.74, 6) is 1.31. The molecule has 178 valence electrons. The third kappa shape index (κ3) is 7.53. The summed E-state index contributed by atoms with van der Waals surface area (Å²) < 4.78 is 21.4. The van der Waals surface area contributed by atoms with Crippen LogP contribution in [0.5, 0.6) is 23.0 Å². The van der Waals surface area contributed by atoms with Gasteiger partial charge >= 0.3 is 0 Å². The maximum atomic E-state index is 12.6. The molecule has 3 N–H and O–H groups in total. The normalized spacial score (nSPS) is 10.2. The zero-order valence-corrected chi connectivity index (χ0v) is 20.1. The first kappa shape index (κ1) is 25.7. The molecule has 0 bridgehead atoms. The molecule has 0 spiro atoms. The summed E-state index contributed by atoms with van der Waals surface area (Å²) in [6, 6.07) is 9.70. The van der Waals surface area contributed by atoms with Crippen molar-refractivity contribution in [1.82, 2.24) is 16.2 Å². The summed E-state index contributed by atoms with van der Waals surface area (Å²) in [4.78, 5) is 24.9. The highest BCUT2D eigenvalue weighted by molar-refractivity contribution is 7.80. The molecule has 2 rings (SSSR count). The van der Waals surface area contributed by atoms with Gasteiger partial charge in [0.15, 0.2) is 16.6 Å². The van der Waals surface area contributed by atoms with Crippen molar-refractivity contribution in [1.29, 1.82) is 0 Å². The van der Waals surface area contributed by atoms with Gasteiger partial charge in [-0.1, -0.05) is 13.8 Å². The zero-order valence-electron chi connectivity index (χ0n) is 19.3. The molecule has 0 aliphatic carbocycles. The molecule has 0 aliphatic rings. The Bertz CT molecular complexity index is 954. The van der Waals surface area contributed by atoms with Gasteiger partial charge in [0.2, 0.25) is 5.75 Å². The lowest BCUT2D eigenvalue weighted by Crippen LogP contribution is -2.48. The van der Waals surface area contributed by atoms with Crippen LogP contribution < -0.4 is 35.1 Å². The fourth-order valence-electron chi connectivity index (χ4n) is 2.72. The topological polar surface area (TPSA) is 107 Å². The number of thiocarbonyl (C=S) groups is 1. The molecule has 0 unspecified atom stereocenters. The van der Waals surface area contributed by atoms with E-state index < -0.39 is 11.8 Å². The predicted molar refractivity (Wildman–Crippen MR) is 128 cm³/mol. The van der Waals surface area contributed by atoms with Crippen molar-refractivity contribution in [2.75, 3.05) is 27.9 Å². The largest absolute Gasteiger partial charge is 0.494 e. The number of methoxy groups -OCH3 is 3. The van der Waals surface area contributed by atoms with E-state index >= 15 is 0 Å². The van der Waals surface area contributed by atoms with Gasteiger partial charge in [0, 0.05) is 11.1 Å². The van der Waals surface area contributed by atoms with Gasteiger partial charge in [-0.2, -0.15) is 0 Å². The van der Waals surface area contributed by atoms with Gasteiger partial charge in [-0.15, -0.1) is 0 Å². The van der Waals surface area contributed by atoms with Crippen LogP contribution in [0.1, 0.15) is 41.0 Å². The first-order chi connectivity index (χ1) is 15.8. The average molecular weight is 476 g/mol. The van der Waals surface area contributed by atoms with Crippen molar-refractivity contribution in [2.24, 2.45) is 5.92 Å². The van der Waals surface area contributed by atoms with Crippen LogP contribution in [-0.4, -0.2) is 44.9 Å². The third-order valence-corrected chi connectivity index (χ3v) is 4.73. The van der Waals surface area contributed by atoms with Crippen molar-refractivity contribution >= 4 is 29.1 Å². The Hall–Kier alpha value is -3.53. The van der Waals surface area contributed by atoms with Crippen LogP contribution in [0.2, 0.25) is 0 Å². The van der Waals surface area contributed by atoms with Crippen LogP contribution in [0.3, 0.4) is 0 Å². The van der Waals surface area contributed by atoms with Crippen molar-refractivity contribution in [3.63, 3.8) is 0 Å². The molecule has 2 aromatic rings. The molecular formula is C23H29N3O6S. The average Bonchev–Trinajstić information content (AvgIpc) is 2.81. The maximum Gasteiger partial charge on any atom is 0.269 e. The van der Waals surface area contributed by atoms with E-state index in [1.807, 2.05) is 0 Å². The molecule has 0 saturated heterocycles. The summed E-state index contributed by atoms with van der Waals surface area (Å²) in [6.07, 6.45) is 0.950. The van der Waals surface area contributed by atoms with Crippen molar-refractivity contribution in [2.45, 2.75) is 20.3 Å². The monoisotopic (exact) mass is 475 g/mol. The van der Waals surface area contributed by atoms with E-state index in [0.29, 0.717) is 41.1 Å². The minimum absolute atomic E-state index is 0.0873. The number of rotatable bonds is 9. The number of nitrogens with one attached hydrogen (secondary N) is 3. The molecule has 2 amide bonds. The molecule has 0 heterocycles. The highest BCUT2D eigenvalue weighted by Gasteiger charge is 2.18. The fraction of sp³-hybridized carbons (Fsp3) is 0.348. The minimum atomic E-state index is -0.524. The van der Waals surface area contributed by atoms with Gasteiger partial charge < -0.3 is 18.9 Å². The molecule has 9 nitrogen and oxygen atoms in total. The lowest BCUT2D eigenvalue weighted by molar-refractivity contribution is 0.0934. The number of carbonyl (C=O) groups is 2. The van der Waals surface area contributed by atoms with E-state index in [2.05, 4.69) is 30.0 Å². The van der Waals surface area contributed by atoms with E-state index in [9.17, 15) is 9.59 Å². The first-order valence-corrected chi connectivity index (χ1v) is 10.6. The number of ether oxygens (including phenoxy) is 4. The number of carbonyl (C=O) groups excluding carboxylic acids is 2. The lowest BCUT2D eigenvalue weighted by atomic mass is 10.1. The minimum Gasteiger partial charge on any atom is -0.494 e. The Labute approximate surface area is 198 Å². The summed E-state index contributed by atoms with van der Waals surface area (Å²) >= 11 is 5.09. The number of hydrogen-bond donors (Lipinski definition) is 3. The summed E-state index contributed by atoms with van der Waals surface area (Å²) in [5.41, 5.74) is 5.58. The van der Waals surface area contributed by atoms with Gasteiger partial charge in [0.1, 0.15) is 5.75 Å². The zero-order chi connectivity index (χ0) is 24.4.